The van der Waals surface area contributed by atoms with E-state index in [1.54, 1.807) is 14.2 Å². The summed E-state index contributed by atoms with van der Waals surface area (Å²) in [6, 6.07) is 7.87. The van der Waals surface area contributed by atoms with E-state index in [4.69, 9.17) is 18.9 Å². The summed E-state index contributed by atoms with van der Waals surface area (Å²) < 4.78 is 23.0. The molecule has 1 spiro atoms. The van der Waals surface area contributed by atoms with Crippen LogP contribution in [0.4, 0.5) is 0 Å². The van der Waals surface area contributed by atoms with E-state index >= 15 is 0 Å². The number of benzene rings is 1. The fourth-order valence-corrected chi connectivity index (χ4v) is 3.56. The topological polar surface area (TPSA) is 40.2 Å². The number of hydrogen-bond donors (Lipinski definition) is 0. The van der Waals surface area contributed by atoms with E-state index in [1.165, 1.54) is 19.3 Å². The van der Waals surface area contributed by atoms with Gasteiger partial charge in [-0.25, -0.2) is 0 Å². The van der Waals surface area contributed by atoms with Crippen molar-refractivity contribution in [3.05, 3.63) is 29.8 Å². The van der Waals surface area contributed by atoms with E-state index in [9.17, 15) is 0 Å². The van der Waals surface area contributed by atoms with Crippen LogP contribution >= 0.6 is 0 Å². The fourth-order valence-electron chi connectivity index (χ4n) is 3.56. The molecule has 0 N–H and O–H groups in total. The molecule has 2 aliphatic rings. The Morgan fingerprint density at radius 2 is 2.05 bits per heavy atom. The van der Waals surface area contributed by atoms with Crippen molar-refractivity contribution in [1.29, 1.82) is 0 Å². The first kappa shape index (κ1) is 14.8. The third-order valence-electron chi connectivity index (χ3n) is 4.90. The minimum absolute atomic E-state index is 0.262. The molecule has 1 aromatic rings. The van der Waals surface area contributed by atoms with Crippen LogP contribution in [0.15, 0.2) is 24.3 Å². The third-order valence-corrected chi connectivity index (χ3v) is 4.90. The molecule has 3 rings (SSSR count). The zero-order valence-corrected chi connectivity index (χ0v) is 13.1. The van der Waals surface area contributed by atoms with Crippen LogP contribution in [0.1, 0.15) is 38.2 Å². The molecule has 21 heavy (non-hydrogen) atoms. The second-order valence-electron chi connectivity index (χ2n) is 6.00. The highest BCUT2D eigenvalue weighted by molar-refractivity contribution is 5.32. The Balaban J connectivity index is 1.72. The molecule has 3 atom stereocenters. The Morgan fingerprint density at radius 3 is 2.76 bits per heavy atom. The van der Waals surface area contributed by atoms with E-state index in [0.29, 0.717) is 12.5 Å². The van der Waals surface area contributed by atoms with Crippen LogP contribution in [0.5, 0.6) is 5.75 Å². The molecule has 0 radical (unpaired) electrons. The van der Waals surface area contributed by atoms with Gasteiger partial charge in [-0.15, -0.1) is 0 Å². The zero-order valence-electron chi connectivity index (χ0n) is 13.1. The minimum Gasteiger partial charge on any atom is -0.496 e. The molecule has 0 aromatic heterocycles. The lowest BCUT2D eigenvalue weighted by Crippen LogP contribution is -2.38. The second-order valence-corrected chi connectivity index (χ2v) is 6.00. The quantitative estimate of drug-likeness (QED) is 0.615. The zero-order chi connectivity index (χ0) is 14.9. The minimum atomic E-state index is -0.881. The Kier molecular flexibility index (Phi) is 3.95. The van der Waals surface area contributed by atoms with Gasteiger partial charge < -0.3 is 18.9 Å². The van der Waals surface area contributed by atoms with E-state index in [-0.39, 0.29) is 5.60 Å². The van der Waals surface area contributed by atoms with E-state index < -0.39 is 5.97 Å². The van der Waals surface area contributed by atoms with Gasteiger partial charge in [0.05, 0.1) is 13.7 Å². The van der Waals surface area contributed by atoms with Gasteiger partial charge in [0, 0.05) is 12.7 Å². The maximum atomic E-state index is 6.06. The first-order valence-electron chi connectivity index (χ1n) is 7.68. The van der Waals surface area contributed by atoms with E-state index in [2.05, 4.69) is 6.92 Å². The summed E-state index contributed by atoms with van der Waals surface area (Å²) in [5.74, 6) is 0.409. The maximum absolute atomic E-state index is 6.06. The van der Waals surface area contributed by atoms with Crippen LogP contribution in [0.2, 0.25) is 0 Å². The Morgan fingerprint density at radius 1 is 1.24 bits per heavy atom. The largest absolute Gasteiger partial charge is 0.496 e. The van der Waals surface area contributed by atoms with Crippen LogP contribution in [0.3, 0.4) is 0 Å². The van der Waals surface area contributed by atoms with Crippen molar-refractivity contribution in [2.24, 2.45) is 5.92 Å². The molecule has 2 fully saturated rings. The maximum Gasteiger partial charge on any atom is 0.315 e. The molecule has 0 bridgehead atoms. The average molecular weight is 292 g/mol. The first-order valence-corrected chi connectivity index (χ1v) is 7.68. The standard InChI is InChI=1S/C17H24O4/c1-13-8-6-7-11-16(13)17(19-3,21-16)20-12-14-9-4-5-10-15(14)18-2/h4-5,9-10,13H,6-8,11-12H2,1-3H3. The van der Waals surface area contributed by atoms with Crippen molar-refractivity contribution in [1.82, 2.24) is 0 Å². The Bertz CT molecular complexity index is 503. The molecule has 4 heteroatoms. The monoisotopic (exact) mass is 292 g/mol. The molecular weight excluding hydrogens is 268 g/mol. The van der Waals surface area contributed by atoms with Crippen molar-refractivity contribution < 1.29 is 18.9 Å². The van der Waals surface area contributed by atoms with Crippen LogP contribution in [0, 0.1) is 5.92 Å². The first-order chi connectivity index (χ1) is 10.2. The summed E-state index contributed by atoms with van der Waals surface area (Å²) in [6.45, 7) is 2.65. The SMILES string of the molecule is COc1ccccc1COC1(OC)OC12CCCCC2C. The summed E-state index contributed by atoms with van der Waals surface area (Å²) in [5, 5.41) is 0. The van der Waals surface area contributed by atoms with Gasteiger partial charge in [-0.1, -0.05) is 38.0 Å². The number of rotatable bonds is 5. The number of ether oxygens (including phenoxy) is 4. The van der Waals surface area contributed by atoms with Crippen LogP contribution in [0.25, 0.3) is 0 Å². The number of para-hydroxylation sites is 1. The molecular formula is C17H24O4. The van der Waals surface area contributed by atoms with Gasteiger partial charge in [-0.3, -0.25) is 0 Å². The smallest absolute Gasteiger partial charge is 0.315 e. The predicted molar refractivity (Wildman–Crippen MR) is 79.0 cm³/mol. The van der Waals surface area contributed by atoms with Crippen LogP contribution in [-0.4, -0.2) is 25.8 Å². The van der Waals surface area contributed by atoms with Crippen molar-refractivity contribution in [2.45, 2.75) is 50.8 Å². The lowest BCUT2D eigenvalue weighted by atomic mass is 9.79. The molecule has 1 saturated heterocycles. The van der Waals surface area contributed by atoms with Gasteiger partial charge in [0.25, 0.3) is 0 Å². The van der Waals surface area contributed by atoms with Gasteiger partial charge in [-0.05, 0) is 24.8 Å². The van der Waals surface area contributed by atoms with Crippen molar-refractivity contribution in [3.63, 3.8) is 0 Å². The van der Waals surface area contributed by atoms with Crippen molar-refractivity contribution in [3.8, 4) is 5.75 Å². The summed E-state index contributed by atoms with van der Waals surface area (Å²) >= 11 is 0. The molecule has 3 unspecified atom stereocenters. The lowest BCUT2D eigenvalue weighted by molar-refractivity contribution is -0.223. The number of methoxy groups -OCH3 is 2. The van der Waals surface area contributed by atoms with E-state index in [0.717, 1.165) is 17.7 Å². The molecule has 1 aliphatic heterocycles. The van der Waals surface area contributed by atoms with Crippen LogP contribution in [-0.2, 0) is 20.8 Å². The van der Waals surface area contributed by atoms with Gasteiger partial charge in [0.15, 0.2) is 5.60 Å². The van der Waals surface area contributed by atoms with Crippen LogP contribution < -0.4 is 4.74 Å². The lowest BCUT2D eigenvalue weighted by Gasteiger charge is -2.28. The molecule has 1 aliphatic carbocycles. The molecule has 0 amide bonds. The highest BCUT2D eigenvalue weighted by Gasteiger charge is 2.75. The molecule has 4 nitrogen and oxygen atoms in total. The highest BCUT2D eigenvalue weighted by atomic mass is 17.0. The Hall–Kier alpha value is -1.10. The summed E-state index contributed by atoms with van der Waals surface area (Å²) in [7, 11) is 3.33. The highest BCUT2D eigenvalue weighted by Crippen LogP contribution is 2.60. The number of hydrogen-bond acceptors (Lipinski definition) is 4. The average Bonchev–Trinajstić information content (AvgIpc) is 3.17. The Labute approximate surface area is 126 Å². The summed E-state index contributed by atoms with van der Waals surface area (Å²) in [6.07, 6.45) is 4.61. The molecule has 1 saturated carbocycles. The fraction of sp³-hybridized carbons (Fsp3) is 0.647. The number of epoxide rings is 1. The summed E-state index contributed by atoms with van der Waals surface area (Å²) in [4.78, 5) is 0. The molecule has 1 heterocycles. The molecule has 116 valence electrons. The van der Waals surface area contributed by atoms with Gasteiger partial charge >= 0.3 is 5.97 Å². The third kappa shape index (κ3) is 2.35. The normalized spacial score (nSPS) is 34.9. The van der Waals surface area contributed by atoms with Gasteiger partial charge in [0.2, 0.25) is 0 Å². The molecule has 1 aromatic carbocycles. The summed E-state index contributed by atoms with van der Waals surface area (Å²) in [5.41, 5.74) is 0.743. The van der Waals surface area contributed by atoms with E-state index in [1.807, 2.05) is 24.3 Å². The second kappa shape index (κ2) is 5.59. The van der Waals surface area contributed by atoms with Gasteiger partial charge in [-0.2, -0.15) is 0 Å². The van der Waals surface area contributed by atoms with Crippen molar-refractivity contribution in [2.75, 3.05) is 14.2 Å². The van der Waals surface area contributed by atoms with Gasteiger partial charge in [0.1, 0.15) is 5.75 Å². The van der Waals surface area contributed by atoms with Crippen molar-refractivity contribution >= 4 is 0 Å². The predicted octanol–water partition coefficient (Wildman–Crippen LogP) is 3.49.